The van der Waals surface area contributed by atoms with Crippen molar-refractivity contribution < 1.29 is 9.66 Å². The van der Waals surface area contributed by atoms with Gasteiger partial charge in [0.1, 0.15) is 12.2 Å². The third-order valence-electron chi connectivity index (χ3n) is 2.93. The van der Waals surface area contributed by atoms with Gasteiger partial charge < -0.3 is 4.74 Å². The predicted octanol–water partition coefficient (Wildman–Crippen LogP) is 2.93. The van der Waals surface area contributed by atoms with Gasteiger partial charge in [-0.3, -0.25) is 10.1 Å². The predicted molar refractivity (Wildman–Crippen MR) is 68.9 cm³/mol. The molecular formula is C13H16N2O3. The summed E-state index contributed by atoms with van der Waals surface area (Å²) < 4.78 is 5.49. The number of nitro benzene ring substituents is 1. The molecule has 18 heavy (non-hydrogen) atoms. The van der Waals surface area contributed by atoms with Crippen LogP contribution in [0.1, 0.15) is 31.7 Å². The summed E-state index contributed by atoms with van der Waals surface area (Å²) >= 11 is 0. The van der Waals surface area contributed by atoms with Crippen molar-refractivity contribution in [3.8, 4) is 0 Å². The van der Waals surface area contributed by atoms with Crippen molar-refractivity contribution in [3.63, 3.8) is 0 Å². The highest BCUT2D eigenvalue weighted by atomic mass is 16.6. The lowest BCUT2D eigenvalue weighted by atomic mass is 10.1. The summed E-state index contributed by atoms with van der Waals surface area (Å²) in [5, 5.41) is 10.9. The molecule has 0 fully saturated rings. The minimum atomic E-state index is -0.402. The van der Waals surface area contributed by atoms with Crippen molar-refractivity contribution in [1.82, 2.24) is 0 Å². The summed E-state index contributed by atoms with van der Waals surface area (Å²) in [6.45, 7) is 2.66. The van der Waals surface area contributed by atoms with E-state index in [1.807, 2.05) is 0 Å². The van der Waals surface area contributed by atoms with Crippen molar-refractivity contribution >= 4 is 11.6 Å². The lowest BCUT2D eigenvalue weighted by Gasteiger charge is -2.02. The van der Waals surface area contributed by atoms with Gasteiger partial charge >= 0.3 is 0 Å². The Kier molecular flexibility index (Phi) is 3.92. The van der Waals surface area contributed by atoms with Gasteiger partial charge in [0.15, 0.2) is 0 Å². The van der Waals surface area contributed by atoms with E-state index in [4.69, 9.17) is 4.74 Å². The molecule has 1 unspecified atom stereocenters. The van der Waals surface area contributed by atoms with Crippen LogP contribution in [0, 0.1) is 10.1 Å². The first kappa shape index (κ1) is 12.5. The van der Waals surface area contributed by atoms with Gasteiger partial charge in [-0.25, -0.2) is 4.99 Å². The van der Waals surface area contributed by atoms with E-state index in [9.17, 15) is 10.1 Å². The lowest BCUT2D eigenvalue weighted by Crippen LogP contribution is -2.06. The van der Waals surface area contributed by atoms with Crippen LogP contribution in [0.15, 0.2) is 29.3 Å². The lowest BCUT2D eigenvalue weighted by molar-refractivity contribution is -0.385. The third kappa shape index (κ3) is 2.67. The monoisotopic (exact) mass is 248 g/mol. The molecule has 96 valence electrons. The number of nitrogens with zero attached hydrogens (tertiary/aromatic N) is 2. The standard InChI is InChI=1S/C13H16N2O3/c1-2-3-6-10-9-18-13(14-10)11-7-4-5-8-12(11)15(16)17/h4-5,7-8,10H,2-3,6,9H2,1H3. The number of benzene rings is 1. The van der Waals surface area contributed by atoms with E-state index in [1.54, 1.807) is 18.2 Å². The van der Waals surface area contributed by atoms with Crippen LogP contribution in [-0.2, 0) is 4.74 Å². The highest BCUT2D eigenvalue weighted by Gasteiger charge is 2.25. The van der Waals surface area contributed by atoms with Crippen LogP contribution in [0.2, 0.25) is 0 Å². The van der Waals surface area contributed by atoms with Crippen LogP contribution in [0.5, 0.6) is 0 Å². The molecule has 0 N–H and O–H groups in total. The normalized spacial score (nSPS) is 18.3. The molecular weight excluding hydrogens is 232 g/mol. The van der Waals surface area contributed by atoms with Crippen molar-refractivity contribution in [2.45, 2.75) is 32.2 Å². The topological polar surface area (TPSA) is 64.7 Å². The van der Waals surface area contributed by atoms with Crippen molar-refractivity contribution in [2.24, 2.45) is 4.99 Å². The largest absolute Gasteiger partial charge is 0.475 e. The van der Waals surface area contributed by atoms with Gasteiger partial charge in [-0.1, -0.05) is 31.9 Å². The van der Waals surface area contributed by atoms with E-state index in [2.05, 4.69) is 11.9 Å². The maximum Gasteiger partial charge on any atom is 0.282 e. The van der Waals surface area contributed by atoms with Gasteiger partial charge in [0, 0.05) is 6.07 Å². The number of aliphatic imine (C=N–C) groups is 1. The number of nitro groups is 1. The van der Waals surface area contributed by atoms with Gasteiger partial charge in [-0.15, -0.1) is 0 Å². The average molecular weight is 248 g/mol. The molecule has 0 radical (unpaired) electrons. The van der Waals surface area contributed by atoms with Crippen molar-refractivity contribution in [3.05, 3.63) is 39.9 Å². The molecule has 5 heteroatoms. The molecule has 0 saturated heterocycles. The fourth-order valence-electron chi connectivity index (χ4n) is 1.96. The Morgan fingerprint density at radius 1 is 1.50 bits per heavy atom. The number of ether oxygens (including phenoxy) is 1. The molecule has 0 saturated carbocycles. The maximum atomic E-state index is 10.9. The fourth-order valence-corrected chi connectivity index (χ4v) is 1.96. The van der Waals surface area contributed by atoms with Crippen molar-refractivity contribution in [1.29, 1.82) is 0 Å². The molecule has 1 heterocycles. The van der Waals surface area contributed by atoms with Crippen LogP contribution in [0.4, 0.5) is 5.69 Å². The van der Waals surface area contributed by atoms with E-state index in [0.717, 1.165) is 19.3 Å². The van der Waals surface area contributed by atoms with Crippen LogP contribution >= 0.6 is 0 Å². The van der Waals surface area contributed by atoms with Crippen LogP contribution < -0.4 is 0 Å². The minimum Gasteiger partial charge on any atom is -0.475 e. The Hall–Kier alpha value is -1.91. The van der Waals surface area contributed by atoms with E-state index in [0.29, 0.717) is 18.1 Å². The summed E-state index contributed by atoms with van der Waals surface area (Å²) in [4.78, 5) is 15.0. The molecule has 2 rings (SSSR count). The molecule has 1 aliphatic rings. The first-order valence-electron chi connectivity index (χ1n) is 6.16. The first-order chi connectivity index (χ1) is 8.72. The number of rotatable bonds is 5. The number of para-hydroxylation sites is 1. The summed E-state index contributed by atoms with van der Waals surface area (Å²) in [6, 6.07) is 6.69. The molecule has 1 aromatic carbocycles. The Bertz CT molecular complexity index is 471. The van der Waals surface area contributed by atoms with E-state index >= 15 is 0 Å². The zero-order valence-corrected chi connectivity index (χ0v) is 10.3. The molecule has 0 bridgehead atoms. The summed E-state index contributed by atoms with van der Waals surface area (Å²) in [5.41, 5.74) is 0.522. The second-order valence-corrected chi connectivity index (χ2v) is 4.32. The molecule has 0 spiro atoms. The third-order valence-corrected chi connectivity index (χ3v) is 2.93. The number of unbranched alkanes of at least 4 members (excludes halogenated alkanes) is 1. The first-order valence-corrected chi connectivity index (χ1v) is 6.16. The second kappa shape index (κ2) is 5.62. The highest BCUT2D eigenvalue weighted by Crippen LogP contribution is 2.23. The van der Waals surface area contributed by atoms with E-state index in [-0.39, 0.29) is 11.7 Å². The molecule has 0 amide bonds. The number of hydrogen-bond acceptors (Lipinski definition) is 4. The summed E-state index contributed by atoms with van der Waals surface area (Å²) in [7, 11) is 0. The van der Waals surface area contributed by atoms with Gasteiger partial charge in [0.25, 0.3) is 5.69 Å². The zero-order chi connectivity index (χ0) is 13.0. The van der Waals surface area contributed by atoms with Crippen molar-refractivity contribution in [2.75, 3.05) is 6.61 Å². The van der Waals surface area contributed by atoms with Crippen LogP contribution in [-0.4, -0.2) is 23.5 Å². The summed E-state index contributed by atoms with van der Waals surface area (Å²) in [5.74, 6) is 0.406. The molecule has 5 nitrogen and oxygen atoms in total. The summed E-state index contributed by atoms with van der Waals surface area (Å²) in [6.07, 6.45) is 3.19. The smallest absolute Gasteiger partial charge is 0.282 e. The van der Waals surface area contributed by atoms with Crippen LogP contribution in [0.3, 0.4) is 0 Å². The van der Waals surface area contributed by atoms with E-state index in [1.165, 1.54) is 6.07 Å². The van der Waals surface area contributed by atoms with Gasteiger partial charge in [-0.05, 0) is 12.5 Å². The highest BCUT2D eigenvalue weighted by molar-refractivity contribution is 5.98. The maximum absolute atomic E-state index is 10.9. The second-order valence-electron chi connectivity index (χ2n) is 4.32. The Morgan fingerprint density at radius 3 is 3.00 bits per heavy atom. The minimum absolute atomic E-state index is 0.0485. The Balaban J connectivity index is 2.20. The molecule has 1 aliphatic heterocycles. The molecule has 0 aliphatic carbocycles. The zero-order valence-electron chi connectivity index (χ0n) is 10.3. The van der Waals surface area contributed by atoms with Gasteiger partial charge in [-0.2, -0.15) is 0 Å². The number of hydrogen-bond donors (Lipinski definition) is 0. The molecule has 1 aromatic rings. The van der Waals surface area contributed by atoms with Crippen LogP contribution in [0.25, 0.3) is 0 Å². The Labute approximate surface area is 106 Å². The SMILES string of the molecule is CCCCC1COC(c2ccccc2[N+](=O)[O-])=N1. The fraction of sp³-hybridized carbons (Fsp3) is 0.462. The quantitative estimate of drug-likeness (QED) is 0.594. The molecule has 0 aromatic heterocycles. The van der Waals surface area contributed by atoms with Gasteiger partial charge in [0.2, 0.25) is 5.90 Å². The van der Waals surface area contributed by atoms with E-state index < -0.39 is 4.92 Å². The average Bonchev–Trinajstić information content (AvgIpc) is 2.85. The van der Waals surface area contributed by atoms with Gasteiger partial charge in [0.05, 0.1) is 11.0 Å². The Morgan fingerprint density at radius 2 is 2.28 bits per heavy atom. The molecule has 1 atom stereocenters.